The molecule has 0 bridgehead atoms. The fourth-order valence-corrected chi connectivity index (χ4v) is 3.16. The molecule has 6 N–H and O–H groups in total. The van der Waals surface area contributed by atoms with Crippen molar-refractivity contribution in [2.75, 3.05) is 13.1 Å². The van der Waals surface area contributed by atoms with Gasteiger partial charge in [-0.25, -0.2) is 0 Å². The largest absolute Gasteiger partial charge is 0.550 e. The van der Waals surface area contributed by atoms with Crippen LogP contribution in [0.5, 0.6) is 0 Å². The second kappa shape index (κ2) is 16.3. The summed E-state index contributed by atoms with van der Waals surface area (Å²) in [6, 6.07) is 0. The van der Waals surface area contributed by atoms with Crippen LogP contribution in [0.1, 0.15) is 83.5 Å². The molecule has 0 aliphatic heterocycles. The van der Waals surface area contributed by atoms with Crippen molar-refractivity contribution in [2.45, 2.75) is 83.5 Å². The molecule has 0 heterocycles. The second-order valence-electron chi connectivity index (χ2n) is 7.08. The molecule has 0 unspecified atom stereocenters. The first kappa shape index (κ1) is 23.9. The highest BCUT2D eigenvalue weighted by Crippen LogP contribution is 2.27. The summed E-state index contributed by atoms with van der Waals surface area (Å²) in [6.45, 7) is 2.23. The zero-order chi connectivity index (χ0) is 18.9. The average Bonchev–Trinajstić information content (AvgIpc) is 2.61. The molecule has 0 aromatic carbocycles. The van der Waals surface area contributed by atoms with Gasteiger partial charge in [-0.15, -0.1) is 0 Å². The van der Waals surface area contributed by atoms with Gasteiger partial charge in [0, 0.05) is 11.9 Å². The lowest BCUT2D eigenvalue weighted by Gasteiger charge is -2.29. The number of aliphatic carboxylic acids is 2. The van der Waals surface area contributed by atoms with Gasteiger partial charge < -0.3 is 31.3 Å². The number of rotatable bonds is 12. The minimum absolute atomic E-state index is 0.404. The Morgan fingerprint density at radius 3 is 1.04 bits per heavy atom. The minimum atomic E-state index is -1.06. The van der Waals surface area contributed by atoms with E-state index in [1.54, 1.807) is 0 Å². The first-order valence-corrected chi connectivity index (χ1v) is 10.0. The molecule has 0 amide bonds. The number of carboxylic acid groups (broad SMARTS) is 2. The van der Waals surface area contributed by atoms with Crippen molar-refractivity contribution in [3.8, 4) is 0 Å². The molecule has 1 saturated carbocycles. The molecular weight excluding hydrogens is 320 g/mol. The van der Waals surface area contributed by atoms with Crippen LogP contribution in [0, 0.1) is 11.8 Å². The highest BCUT2D eigenvalue weighted by Gasteiger charge is 2.22. The molecule has 1 aliphatic carbocycles. The maximum absolute atomic E-state index is 10.4. The predicted octanol–water partition coefficient (Wildman–Crippen LogP) is -0.726. The summed E-state index contributed by atoms with van der Waals surface area (Å²) in [6.07, 6.45) is 14.2. The highest BCUT2D eigenvalue weighted by molar-refractivity contribution is 5.70. The standard InChI is InChI=1S/C11H26N2.C8H12O4/c12-10-8-6-4-2-1-3-5-7-9-11-13;9-7(10)5-1-2-6(4-3-5)8(11)12/h1-13H2;5-6H,1-4H2,(H,9,10)(H,11,12). The summed E-state index contributed by atoms with van der Waals surface area (Å²) >= 11 is 0. The van der Waals surface area contributed by atoms with Crippen molar-refractivity contribution in [2.24, 2.45) is 11.8 Å². The quantitative estimate of drug-likeness (QED) is 0.445. The van der Waals surface area contributed by atoms with E-state index in [2.05, 4.69) is 11.5 Å². The predicted molar refractivity (Wildman–Crippen MR) is 92.5 cm³/mol. The van der Waals surface area contributed by atoms with Gasteiger partial charge in [0.25, 0.3) is 0 Å². The monoisotopic (exact) mass is 358 g/mol. The van der Waals surface area contributed by atoms with Gasteiger partial charge >= 0.3 is 0 Å². The molecular formula is C19H38N2O4. The molecule has 0 atom stereocenters. The minimum Gasteiger partial charge on any atom is -0.550 e. The Hall–Kier alpha value is -1.14. The van der Waals surface area contributed by atoms with E-state index in [0.29, 0.717) is 25.7 Å². The van der Waals surface area contributed by atoms with Crippen molar-refractivity contribution in [3.63, 3.8) is 0 Å². The summed E-state index contributed by atoms with van der Waals surface area (Å²) in [5, 5.41) is 20.7. The maximum Gasteiger partial charge on any atom is 0.0739 e. The van der Waals surface area contributed by atoms with Gasteiger partial charge in [-0.2, -0.15) is 0 Å². The molecule has 0 spiro atoms. The number of hydrogen-bond donors (Lipinski definition) is 2. The van der Waals surface area contributed by atoms with Crippen LogP contribution in [0.2, 0.25) is 0 Å². The SMILES string of the molecule is O=C([O-])C1CCC(C(=O)[O-])CC1.[NH3+]CCCCCCCCCCC[NH3+]. The Bertz CT molecular complexity index is 310. The number of carbonyl (C=O) groups excluding carboxylic acids is 2. The molecule has 25 heavy (non-hydrogen) atoms. The van der Waals surface area contributed by atoms with Crippen LogP contribution >= 0.6 is 0 Å². The molecule has 1 fully saturated rings. The highest BCUT2D eigenvalue weighted by atomic mass is 16.4. The number of carboxylic acids is 2. The van der Waals surface area contributed by atoms with E-state index in [9.17, 15) is 19.8 Å². The maximum atomic E-state index is 10.4. The van der Waals surface area contributed by atoms with E-state index < -0.39 is 23.8 Å². The summed E-state index contributed by atoms with van der Waals surface area (Å²) in [4.78, 5) is 20.7. The summed E-state index contributed by atoms with van der Waals surface area (Å²) in [7, 11) is 0. The van der Waals surface area contributed by atoms with E-state index in [-0.39, 0.29) is 0 Å². The number of quaternary nitrogens is 2. The smallest absolute Gasteiger partial charge is 0.0739 e. The first-order valence-electron chi connectivity index (χ1n) is 10.0. The van der Waals surface area contributed by atoms with Crippen LogP contribution in [-0.2, 0) is 9.59 Å². The third-order valence-corrected chi connectivity index (χ3v) is 4.89. The number of carbonyl (C=O) groups is 2. The molecule has 148 valence electrons. The van der Waals surface area contributed by atoms with Crippen LogP contribution in [0.4, 0.5) is 0 Å². The van der Waals surface area contributed by atoms with E-state index in [0.717, 1.165) is 13.1 Å². The van der Waals surface area contributed by atoms with Crippen LogP contribution in [-0.4, -0.2) is 25.0 Å². The molecule has 1 rings (SSSR count). The van der Waals surface area contributed by atoms with E-state index in [1.165, 1.54) is 57.8 Å². The van der Waals surface area contributed by atoms with Gasteiger partial charge in [0.1, 0.15) is 0 Å². The number of hydrogen-bond acceptors (Lipinski definition) is 4. The third kappa shape index (κ3) is 13.8. The van der Waals surface area contributed by atoms with Gasteiger partial charge in [-0.05, 0) is 63.2 Å². The average molecular weight is 359 g/mol. The van der Waals surface area contributed by atoms with Crippen molar-refractivity contribution < 1.29 is 31.3 Å². The topological polar surface area (TPSA) is 136 Å². The molecule has 0 aromatic heterocycles. The summed E-state index contributed by atoms with van der Waals surface area (Å²) in [5.41, 5.74) is 7.69. The van der Waals surface area contributed by atoms with Crippen LogP contribution in [0.3, 0.4) is 0 Å². The Balaban J connectivity index is 0.000000462. The number of unbranched alkanes of at least 4 members (excludes halogenated alkanes) is 8. The lowest BCUT2D eigenvalue weighted by atomic mass is 9.82. The molecule has 0 saturated heterocycles. The Morgan fingerprint density at radius 1 is 0.600 bits per heavy atom. The van der Waals surface area contributed by atoms with Gasteiger partial charge in [0.2, 0.25) is 0 Å². The lowest BCUT2D eigenvalue weighted by molar-refractivity contribution is -0.368. The molecule has 1 aliphatic rings. The van der Waals surface area contributed by atoms with E-state index in [4.69, 9.17) is 0 Å². The van der Waals surface area contributed by atoms with Gasteiger partial charge in [-0.1, -0.05) is 32.1 Å². The summed E-state index contributed by atoms with van der Waals surface area (Å²) in [5.74, 6) is -3.04. The molecule has 0 aromatic rings. The third-order valence-electron chi connectivity index (χ3n) is 4.89. The van der Waals surface area contributed by atoms with Crippen molar-refractivity contribution in [1.29, 1.82) is 0 Å². The van der Waals surface area contributed by atoms with Crippen molar-refractivity contribution >= 4 is 11.9 Å². The Morgan fingerprint density at radius 2 is 0.840 bits per heavy atom. The van der Waals surface area contributed by atoms with E-state index in [1.807, 2.05) is 0 Å². The zero-order valence-electron chi connectivity index (χ0n) is 15.8. The van der Waals surface area contributed by atoms with Crippen LogP contribution in [0.25, 0.3) is 0 Å². The molecule has 0 radical (unpaired) electrons. The van der Waals surface area contributed by atoms with Gasteiger partial charge in [-0.3, -0.25) is 0 Å². The van der Waals surface area contributed by atoms with Crippen molar-refractivity contribution in [1.82, 2.24) is 0 Å². The lowest BCUT2D eigenvalue weighted by Crippen LogP contribution is -2.50. The molecule has 6 heteroatoms. The van der Waals surface area contributed by atoms with Gasteiger partial charge in [0.15, 0.2) is 0 Å². The van der Waals surface area contributed by atoms with Crippen LogP contribution < -0.4 is 21.7 Å². The molecule has 6 nitrogen and oxygen atoms in total. The Kier molecular flexibility index (Phi) is 15.6. The normalized spacial score (nSPS) is 19.8. The van der Waals surface area contributed by atoms with Crippen molar-refractivity contribution in [3.05, 3.63) is 0 Å². The summed E-state index contributed by atoms with van der Waals surface area (Å²) < 4.78 is 0. The van der Waals surface area contributed by atoms with E-state index >= 15 is 0 Å². The zero-order valence-corrected chi connectivity index (χ0v) is 15.8. The Labute approximate surface area is 152 Å². The fourth-order valence-electron chi connectivity index (χ4n) is 3.16. The van der Waals surface area contributed by atoms with Gasteiger partial charge in [0.05, 0.1) is 13.1 Å². The van der Waals surface area contributed by atoms with Crippen LogP contribution in [0.15, 0.2) is 0 Å². The second-order valence-corrected chi connectivity index (χ2v) is 7.08. The fraction of sp³-hybridized carbons (Fsp3) is 0.895. The first-order chi connectivity index (χ1) is 12.0.